The largest absolute Gasteiger partial charge is 0.383 e. The van der Waals surface area contributed by atoms with Crippen LogP contribution in [0.15, 0.2) is 0 Å². The zero-order chi connectivity index (χ0) is 5.28. The van der Waals surface area contributed by atoms with Gasteiger partial charge in [0.05, 0.1) is 6.61 Å². The molecule has 1 N–H and O–H groups in total. The average Bonchev–Trinajstić information content (AvgIpc) is 2.22. The summed E-state index contributed by atoms with van der Waals surface area (Å²) >= 11 is 0. The fourth-order valence-electron chi connectivity index (χ4n) is 0.654. The van der Waals surface area contributed by atoms with Crippen molar-refractivity contribution in [2.45, 2.75) is 19.0 Å². The first-order valence-electron chi connectivity index (χ1n) is 2.59. The first-order valence-corrected chi connectivity index (χ1v) is 2.59. The van der Waals surface area contributed by atoms with Gasteiger partial charge in [0.2, 0.25) is 0 Å². The van der Waals surface area contributed by atoms with Crippen LogP contribution in [0.2, 0.25) is 0 Å². The number of hydrogen-bond donors (Lipinski definition) is 1. The van der Waals surface area contributed by atoms with Crippen molar-refractivity contribution in [1.82, 2.24) is 5.32 Å². The van der Waals surface area contributed by atoms with Crippen molar-refractivity contribution in [1.29, 1.82) is 0 Å². The molecule has 2 nitrogen and oxygen atoms in total. The highest BCUT2D eigenvalue weighted by molar-refractivity contribution is 4.93. The molecule has 0 spiro atoms. The van der Waals surface area contributed by atoms with Crippen molar-refractivity contribution < 1.29 is 4.74 Å². The quantitative estimate of drug-likeness (QED) is 0.496. The molecule has 0 aromatic heterocycles. The minimum absolute atomic E-state index is 0.644. The molecule has 1 fully saturated rings. The molecule has 2 atom stereocenters. The fraction of sp³-hybridized carbons (Fsp3) is 1.00. The number of ether oxygens (including phenoxy) is 1. The van der Waals surface area contributed by atoms with Crippen LogP contribution in [0.1, 0.15) is 6.92 Å². The second-order valence-corrected chi connectivity index (χ2v) is 2.02. The van der Waals surface area contributed by atoms with E-state index in [0.717, 1.165) is 6.61 Å². The summed E-state index contributed by atoms with van der Waals surface area (Å²) in [6, 6.07) is 1.34. The Balaban J connectivity index is 1.98. The van der Waals surface area contributed by atoms with Crippen LogP contribution in [-0.4, -0.2) is 25.8 Å². The minimum atomic E-state index is 0.644. The van der Waals surface area contributed by atoms with E-state index in [1.807, 2.05) is 0 Å². The van der Waals surface area contributed by atoms with Crippen molar-refractivity contribution >= 4 is 0 Å². The van der Waals surface area contributed by atoms with E-state index in [0.29, 0.717) is 12.1 Å². The minimum Gasteiger partial charge on any atom is -0.383 e. The highest BCUT2D eigenvalue weighted by Crippen LogP contribution is 2.07. The first kappa shape index (κ1) is 5.06. The van der Waals surface area contributed by atoms with E-state index in [9.17, 15) is 0 Å². The highest BCUT2D eigenvalue weighted by Gasteiger charge is 2.30. The summed E-state index contributed by atoms with van der Waals surface area (Å²) in [5.74, 6) is 0. The predicted octanol–water partition coefficient (Wildman–Crippen LogP) is -0.00690. The highest BCUT2D eigenvalue weighted by atomic mass is 16.5. The molecule has 1 heterocycles. The SMILES string of the molecule is COC[C@H]1N[C@H]1C. The molecule has 0 aliphatic carbocycles. The molecule has 0 aromatic carbocycles. The third-order valence-corrected chi connectivity index (χ3v) is 1.32. The number of methoxy groups -OCH3 is 1. The Morgan fingerprint density at radius 1 is 1.71 bits per heavy atom. The molecule has 1 rings (SSSR count). The lowest BCUT2D eigenvalue weighted by Gasteiger charge is -1.88. The van der Waals surface area contributed by atoms with E-state index in [1.165, 1.54) is 0 Å². The van der Waals surface area contributed by atoms with Crippen molar-refractivity contribution in [3.8, 4) is 0 Å². The molecule has 1 aliphatic rings. The number of nitrogens with one attached hydrogen (secondary N) is 1. The van der Waals surface area contributed by atoms with Gasteiger partial charge in [-0.3, -0.25) is 0 Å². The van der Waals surface area contributed by atoms with E-state index in [4.69, 9.17) is 4.74 Å². The summed E-state index contributed by atoms with van der Waals surface area (Å²) in [4.78, 5) is 0. The Labute approximate surface area is 43.9 Å². The predicted molar refractivity (Wildman–Crippen MR) is 28.3 cm³/mol. The second-order valence-electron chi connectivity index (χ2n) is 2.02. The van der Waals surface area contributed by atoms with Crippen LogP contribution >= 0.6 is 0 Å². The van der Waals surface area contributed by atoms with Crippen LogP contribution in [0.4, 0.5) is 0 Å². The Hall–Kier alpha value is -0.0800. The van der Waals surface area contributed by atoms with Gasteiger partial charge in [0, 0.05) is 19.2 Å². The van der Waals surface area contributed by atoms with Crippen molar-refractivity contribution in [2.75, 3.05) is 13.7 Å². The Morgan fingerprint density at radius 2 is 2.29 bits per heavy atom. The van der Waals surface area contributed by atoms with Crippen molar-refractivity contribution in [3.63, 3.8) is 0 Å². The molecule has 0 bridgehead atoms. The molecule has 1 saturated heterocycles. The van der Waals surface area contributed by atoms with Gasteiger partial charge in [-0.25, -0.2) is 0 Å². The van der Waals surface area contributed by atoms with Gasteiger partial charge >= 0.3 is 0 Å². The van der Waals surface area contributed by atoms with E-state index in [1.54, 1.807) is 7.11 Å². The second kappa shape index (κ2) is 1.80. The lowest BCUT2D eigenvalue weighted by Crippen LogP contribution is -2.00. The molecular formula is C5H11NO. The Kier molecular flexibility index (Phi) is 1.30. The maximum Gasteiger partial charge on any atom is 0.0631 e. The van der Waals surface area contributed by atoms with Gasteiger partial charge in [0.15, 0.2) is 0 Å². The molecule has 0 aromatic rings. The number of hydrogen-bond acceptors (Lipinski definition) is 2. The maximum absolute atomic E-state index is 4.87. The van der Waals surface area contributed by atoms with Crippen LogP contribution < -0.4 is 5.32 Å². The summed E-state index contributed by atoms with van der Waals surface area (Å²) in [6.45, 7) is 3.02. The van der Waals surface area contributed by atoms with Crippen molar-refractivity contribution in [2.24, 2.45) is 0 Å². The number of rotatable bonds is 2. The van der Waals surface area contributed by atoms with Crippen molar-refractivity contribution in [3.05, 3.63) is 0 Å². The van der Waals surface area contributed by atoms with Crippen LogP contribution in [0.25, 0.3) is 0 Å². The first-order chi connectivity index (χ1) is 3.34. The molecule has 0 unspecified atom stereocenters. The van der Waals surface area contributed by atoms with E-state index in [2.05, 4.69) is 12.2 Å². The summed E-state index contributed by atoms with van der Waals surface area (Å²) < 4.78 is 4.87. The average molecular weight is 101 g/mol. The maximum atomic E-state index is 4.87. The van der Waals surface area contributed by atoms with Crippen LogP contribution in [0.3, 0.4) is 0 Å². The van der Waals surface area contributed by atoms with Crippen LogP contribution in [0.5, 0.6) is 0 Å². The summed E-state index contributed by atoms with van der Waals surface area (Å²) in [7, 11) is 1.73. The van der Waals surface area contributed by atoms with Gasteiger partial charge in [0.25, 0.3) is 0 Å². The smallest absolute Gasteiger partial charge is 0.0631 e. The fourth-order valence-corrected chi connectivity index (χ4v) is 0.654. The Bertz CT molecular complexity index is 65.1. The molecule has 2 heteroatoms. The molecule has 0 saturated carbocycles. The molecule has 42 valence electrons. The Morgan fingerprint density at radius 3 is 2.43 bits per heavy atom. The third-order valence-electron chi connectivity index (χ3n) is 1.32. The van der Waals surface area contributed by atoms with E-state index >= 15 is 0 Å². The molecule has 1 aliphatic heterocycles. The molecule has 7 heavy (non-hydrogen) atoms. The third kappa shape index (κ3) is 1.14. The van der Waals surface area contributed by atoms with Crippen LogP contribution in [-0.2, 0) is 4.74 Å². The summed E-state index contributed by atoms with van der Waals surface area (Å²) in [5.41, 5.74) is 0. The van der Waals surface area contributed by atoms with Gasteiger partial charge < -0.3 is 10.1 Å². The topological polar surface area (TPSA) is 31.2 Å². The van der Waals surface area contributed by atoms with E-state index < -0.39 is 0 Å². The monoisotopic (exact) mass is 101 g/mol. The van der Waals surface area contributed by atoms with Gasteiger partial charge in [-0.15, -0.1) is 0 Å². The van der Waals surface area contributed by atoms with E-state index in [-0.39, 0.29) is 0 Å². The van der Waals surface area contributed by atoms with Gasteiger partial charge in [-0.2, -0.15) is 0 Å². The van der Waals surface area contributed by atoms with Gasteiger partial charge in [0.1, 0.15) is 0 Å². The normalized spacial score (nSPS) is 38.6. The van der Waals surface area contributed by atoms with Crippen LogP contribution in [0, 0.1) is 0 Å². The molecule has 0 amide bonds. The molecular weight excluding hydrogens is 90.1 g/mol. The summed E-state index contributed by atoms with van der Waals surface area (Å²) in [6.07, 6.45) is 0. The zero-order valence-electron chi connectivity index (χ0n) is 4.77. The standard InChI is InChI=1S/C5H11NO/c1-4-5(6-4)3-7-2/h4-6H,3H2,1-2H3/t4-,5+/m0/s1. The van der Waals surface area contributed by atoms with Gasteiger partial charge in [-0.05, 0) is 6.92 Å². The molecule has 0 radical (unpaired) electrons. The van der Waals surface area contributed by atoms with Gasteiger partial charge in [-0.1, -0.05) is 0 Å². The zero-order valence-corrected chi connectivity index (χ0v) is 4.77. The lowest BCUT2D eigenvalue weighted by atomic mass is 10.4. The lowest BCUT2D eigenvalue weighted by molar-refractivity contribution is 0.199. The summed E-state index contributed by atoms with van der Waals surface area (Å²) in [5, 5.41) is 3.21.